The van der Waals surface area contributed by atoms with Gasteiger partial charge in [0.1, 0.15) is 0 Å². The van der Waals surface area contributed by atoms with Crippen molar-refractivity contribution in [2.24, 2.45) is 0 Å². The Kier molecular flexibility index (Phi) is 5.01. The molecule has 0 N–H and O–H groups in total. The lowest BCUT2D eigenvalue weighted by atomic mass is 9.51. The van der Waals surface area contributed by atoms with E-state index in [1.165, 1.54) is 33.4 Å². The zero-order chi connectivity index (χ0) is 23.9. The molecular formula is C33H28S3. The summed E-state index contributed by atoms with van der Waals surface area (Å²) in [6.45, 7) is 2.57. The molecule has 3 aliphatic heterocycles. The molecule has 0 radical (unpaired) electrons. The molecule has 0 amide bonds. The SMILES string of the molecule is CC12c3c4cccc3C3c5cccc(c51)CSCc1cc(cc(c1)CSCc1cccc3c12)CSC4. The molecule has 3 heterocycles. The lowest BCUT2D eigenvalue weighted by Gasteiger charge is -2.51. The molecule has 0 fully saturated rings. The number of hydrogen-bond donors (Lipinski definition) is 0. The lowest BCUT2D eigenvalue weighted by molar-refractivity contribution is 0.579. The standard InChI is InChI=1S/C33H28S3/c1-33-30-23-5-2-8-26(30)29-27-9-3-6-24(31(27)33)18-35-15-21-11-20(14-34-17-23)12-22(13-21)16-36-19-25-7-4-10-28(29)32(25)33/h2-13,29H,14-19H2,1H3. The maximum Gasteiger partial charge on any atom is 0.0441 e. The summed E-state index contributed by atoms with van der Waals surface area (Å²) < 4.78 is 0. The van der Waals surface area contributed by atoms with Gasteiger partial charge in [-0.1, -0.05) is 72.8 Å². The molecule has 4 aromatic rings. The summed E-state index contributed by atoms with van der Waals surface area (Å²) in [7, 11) is 0. The van der Waals surface area contributed by atoms with Gasteiger partial charge in [0.15, 0.2) is 0 Å². The fourth-order valence-electron chi connectivity index (χ4n) is 7.58. The minimum Gasteiger partial charge on any atom is -0.152 e. The van der Waals surface area contributed by atoms with Crippen LogP contribution in [-0.4, -0.2) is 0 Å². The first-order chi connectivity index (χ1) is 17.7. The third kappa shape index (κ3) is 3.06. The highest BCUT2D eigenvalue weighted by atomic mass is 32.2. The van der Waals surface area contributed by atoms with Gasteiger partial charge in [0.05, 0.1) is 0 Å². The molecular weight excluding hydrogens is 493 g/mol. The maximum atomic E-state index is 2.57. The Morgan fingerprint density at radius 3 is 1.25 bits per heavy atom. The van der Waals surface area contributed by atoms with Crippen molar-refractivity contribution in [2.45, 2.75) is 52.8 Å². The van der Waals surface area contributed by atoms with Gasteiger partial charge in [0, 0.05) is 45.9 Å². The van der Waals surface area contributed by atoms with E-state index in [1.807, 2.05) is 0 Å². The zero-order valence-corrected chi connectivity index (χ0v) is 22.9. The Hall–Kier alpha value is -2.07. The Balaban J connectivity index is 1.49. The van der Waals surface area contributed by atoms with Crippen LogP contribution < -0.4 is 0 Å². The molecule has 0 saturated heterocycles. The van der Waals surface area contributed by atoms with E-state index in [0.29, 0.717) is 5.92 Å². The molecule has 10 rings (SSSR count). The monoisotopic (exact) mass is 520 g/mol. The van der Waals surface area contributed by atoms with E-state index < -0.39 is 0 Å². The molecule has 0 spiro atoms. The Labute approximate surface area is 226 Å². The maximum absolute atomic E-state index is 2.57. The predicted molar refractivity (Wildman–Crippen MR) is 157 cm³/mol. The average Bonchev–Trinajstić information content (AvgIpc) is 2.88. The highest BCUT2D eigenvalue weighted by Crippen LogP contribution is 2.62. The smallest absolute Gasteiger partial charge is 0.0441 e. The Morgan fingerprint density at radius 1 is 0.528 bits per heavy atom. The third-order valence-electron chi connectivity index (χ3n) is 8.67. The summed E-state index contributed by atoms with van der Waals surface area (Å²) in [6, 6.07) is 28.9. The van der Waals surface area contributed by atoms with Crippen molar-refractivity contribution in [1.82, 2.24) is 0 Å². The van der Waals surface area contributed by atoms with Gasteiger partial charge in [-0.2, -0.15) is 35.3 Å². The first kappa shape index (κ1) is 22.0. The average molecular weight is 521 g/mol. The normalized spacial score (nSPS) is 23.1. The molecule has 3 heteroatoms. The van der Waals surface area contributed by atoms with Crippen LogP contribution in [-0.2, 0) is 39.9 Å². The summed E-state index contributed by atoms with van der Waals surface area (Å²) in [6.07, 6.45) is 0. The molecule has 4 aromatic carbocycles. The largest absolute Gasteiger partial charge is 0.152 e. The molecule has 3 aliphatic carbocycles. The van der Waals surface area contributed by atoms with Gasteiger partial charge in [-0.3, -0.25) is 0 Å². The van der Waals surface area contributed by atoms with Crippen molar-refractivity contribution in [2.75, 3.05) is 0 Å². The van der Waals surface area contributed by atoms with Crippen LogP contribution in [0.2, 0.25) is 0 Å². The van der Waals surface area contributed by atoms with Crippen molar-refractivity contribution in [3.8, 4) is 0 Å². The highest BCUT2D eigenvalue weighted by Gasteiger charge is 2.51. The summed E-state index contributed by atoms with van der Waals surface area (Å²) in [5, 5.41) is 0. The van der Waals surface area contributed by atoms with E-state index >= 15 is 0 Å². The van der Waals surface area contributed by atoms with Crippen LogP contribution in [0.5, 0.6) is 0 Å². The number of benzene rings is 4. The number of rotatable bonds is 0. The first-order valence-corrected chi connectivity index (χ1v) is 16.4. The first-order valence-electron chi connectivity index (χ1n) is 12.9. The second-order valence-corrected chi connectivity index (χ2v) is 13.8. The molecule has 0 unspecified atom stereocenters. The van der Waals surface area contributed by atoms with Crippen molar-refractivity contribution in [3.05, 3.63) is 140 Å². The summed E-state index contributed by atoms with van der Waals surface area (Å²) in [5.74, 6) is 6.83. The fourth-order valence-corrected chi connectivity index (χ4v) is 10.5. The Bertz CT molecular complexity index is 1350. The van der Waals surface area contributed by atoms with E-state index in [-0.39, 0.29) is 5.41 Å². The molecule has 36 heavy (non-hydrogen) atoms. The quantitative estimate of drug-likeness (QED) is 0.227. The Morgan fingerprint density at radius 2 is 0.889 bits per heavy atom. The van der Waals surface area contributed by atoms with Gasteiger partial charge in [0.2, 0.25) is 0 Å². The molecule has 178 valence electrons. The predicted octanol–water partition coefficient (Wildman–Crippen LogP) is 8.77. The highest BCUT2D eigenvalue weighted by molar-refractivity contribution is 7.98. The van der Waals surface area contributed by atoms with Crippen molar-refractivity contribution in [1.29, 1.82) is 0 Å². The van der Waals surface area contributed by atoms with Crippen molar-refractivity contribution >= 4 is 35.3 Å². The number of thioether (sulfide) groups is 3. The summed E-state index contributed by atoms with van der Waals surface area (Å²) in [5.41, 5.74) is 18.5. The van der Waals surface area contributed by atoms with Crippen LogP contribution in [0.25, 0.3) is 0 Å². The zero-order valence-electron chi connectivity index (χ0n) is 20.5. The van der Waals surface area contributed by atoms with Crippen LogP contribution in [0.15, 0.2) is 72.8 Å². The summed E-state index contributed by atoms with van der Waals surface area (Å²) in [4.78, 5) is 0. The van der Waals surface area contributed by atoms with Crippen molar-refractivity contribution < 1.29 is 0 Å². The second-order valence-electron chi connectivity index (χ2n) is 10.8. The van der Waals surface area contributed by atoms with Crippen LogP contribution in [0.4, 0.5) is 0 Å². The van der Waals surface area contributed by atoms with Gasteiger partial charge in [-0.25, -0.2) is 0 Å². The summed E-state index contributed by atoms with van der Waals surface area (Å²) >= 11 is 6.27. The van der Waals surface area contributed by atoms with E-state index in [9.17, 15) is 0 Å². The van der Waals surface area contributed by atoms with Gasteiger partial charge >= 0.3 is 0 Å². The topological polar surface area (TPSA) is 0 Å². The molecule has 0 aromatic heterocycles. The van der Waals surface area contributed by atoms with E-state index in [1.54, 1.807) is 33.4 Å². The van der Waals surface area contributed by atoms with Crippen LogP contribution >= 0.6 is 35.3 Å². The van der Waals surface area contributed by atoms with Gasteiger partial charge in [-0.15, -0.1) is 0 Å². The lowest BCUT2D eigenvalue weighted by Crippen LogP contribution is -2.42. The minimum atomic E-state index is -0.103. The fraction of sp³-hybridized carbons (Fsp3) is 0.273. The van der Waals surface area contributed by atoms with Crippen LogP contribution in [0.1, 0.15) is 79.6 Å². The van der Waals surface area contributed by atoms with Gasteiger partial charge in [-0.05, 0) is 73.7 Å². The van der Waals surface area contributed by atoms with Crippen LogP contribution in [0, 0.1) is 0 Å². The number of fused-ring (bicyclic) bond motifs is 6. The molecule has 6 aliphatic rings. The number of hydrogen-bond acceptors (Lipinski definition) is 3. The van der Waals surface area contributed by atoms with E-state index in [0.717, 1.165) is 34.5 Å². The van der Waals surface area contributed by atoms with Crippen LogP contribution in [0.3, 0.4) is 0 Å². The molecule has 0 saturated carbocycles. The van der Waals surface area contributed by atoms with E-state index in [4.69, 9.17) is 0 Å². The van der Waals surface area contributed by atoms with Gasteiger partial charge < -0.3 is 0 Å². The molecule has 0 atom stereocenters. The molecule has 0 nitrogen and oxygen atoms in total. The van der Waals surface area contributed by atoms with Gasteiger partial charge in [0.25, 0.3) is 0 Å². The minimum absolute atomic E-state index is 0.103. The third-order valence-corrected chi connectivity index (χ3v) is 11.8. The second kappa shape index (κ2) is 8.21. The van der Waals surface area contributed by atoms with E-state index in [2.05, 4.69) is 115 Å². The molecule has 8 bridgehead atoms. The van der Waals surface area contributed by atoms with Crippen molar-refractivity contribution in [3.63, 3.8) is 0 Å².